The molecule has 11 heteroatoms. The molecule has 0 saturated carbocycles. The van der Waals surface area contributed by atoms with Gasteiger partial charge in [-0.2, -0.15) is 0 Å². The number of aromatic hydroxyl groups is 2. The van der Waals surface area contributed by atoms with E-state index in [0.29, 0.717) is 5.57 Å². The lowest BCUT2D eigenvalue weighted by atomic mass is 9.99. The quantitative estimate of drug-likeness (QED) is 0.254. The Hall–Kier alpha value is -2.51. The zero-order valence-corrected chi connectivity index (χ0v) is 17.2. The highest BCUT2D eigenvalue weighted by Gasteiger charge is 2.43. The van der Waals surface area contributed by atoms with Crippen molar-refractivity contribution in [3.63, 3.8) is 0 Å². The molecule has 0 bridgehead atoms. The molecule has 0 radical (unpaired) electrons. The Labute approximate surface area is 182 Å². The lowest BCUT2D eigenvalue weighted by molar-refractivity contribution is -0.299. The monoisotopic (exact) mass is 454 g/mol. The molecule has 32 heavy (non-hydrogen) atoms. The second kappa shape index (κ2) is 9.96. The molecule has 176 valence electrons. The first-order valence-electron chi connectivity index (χ1n) is 9.87. The van der Waals surface area contributed by atoms with Crippen molar-refractivity contribution < 1.29 is 49.6 Å². The van der Waals surface area contributed by atoms with Gasteiger partial charge in [-0.3, -0.25) is 4.79 Å². The molecule has 11 nitrogen and oxygen atoms in total. The summed E-state index contributed by atoms with van der Waals surface area (Å²) in [5, 5.41) is 68.3. The van der Waals surface area contributed by atoms with Gasteiger partial charge in [-0.1, -0.05) is 11.6 Å². The number of aliphatic hydroxyl groups is 5. The first-order valence-corrected chi connectivity index (χ1v) is 9.87. The first kappa shape index (κ1) is 24.1. The van der Waals surface area contributed by atoms with Crippen molar-refractivity contribution in [3.05, 3.63) is 45.3 Å². The van der Waals surface area contributed by atoms with E-state index in [2.05, 4.69) is 0 Å². The third kappa shape index (κ3) is 4.79. The molecule has 3 rings (SSSR count). The fourth-order valence-electron chi connectivity index (χ4n) is 3.43. The van der Waals surface area contributed by atoms with Crippen LogP contribution in [0.1, 0.15) is 18.2 Å². The lowest BCUT2D eigenvalue weighted by Gasteiger charge is -2.39. The molecule has 7 N–H and O–H groups in total. The van der Waals surface area contributed by atoms with Crippen LogP contribution in [0.25, 0.3) is 11.0 Å². The Morgan fingerprint density at radius 3 is 2.47 bits per heavy atom. The Morgan fingerprint density at radius 1 is 1.09 bits per heavy atom. The minimum Gasteiger partial charge on any atom is -0.507 e. The third-order valence-corrected chi connectivity index (χ3v) is 5.25. The maximum atomic E-state index is 12.2. The van der Waals surface area contributed by atoms with E-state index >= 15 is 0 Å². The molecule has 1 aliphatic heterocycles. The SMILES string of the molecule is CC(=CCc1c(O)cc(O)c2c(=O)cc(CO)oc12)COC1OC(CO)C(O)C(O)C1O. The van der Waals surface area contributed by atoms with Gasteiger partial charge in [0.1, 0.15) is 59.3 Å². The molecule has 1 aromatic carbocycles. The van der Waals surface area contributed by atoms with E-state index in [4.69, 9.17) is 13.9 Å². The minimum atomic E-state index is -1.56. The van der Waals surface area contributed by atoms with Crippen molar-refractivity contribution in [1.29, 1.82) is 0 Å². The zero-order chi connectivity index (χ0) is 23.6. The number of fused-ring (bicyclic) bond motifs is 1. The summed E-state index contributed by atoms with van der Waals surface area (Å²) in [7, 11) is 0. The van der Waals surface area contributed by atoms with Gasteiger partial charge in [0.2, 0.25) is 0 Å². The van der Waals surface area contributed by atoms with Gasteiger partial charge in [-0.05, 0) is 13.3 Å². The average Bonchev–Trinajstić information content (AvgIpc) is 2.76. The summed E-state index contributed by atoms with van der Waals surface area (Å²) in [6, 6.07) is 2.08. The number of phenols is 2. The van der Waals surface area contributed by atoms with E-state index in [9.17, 15) is 40.5 Å². The molecule has 5 atom stereocenters. The maximum absolute atomic E-state index is 12.2. The van der Waals surface area contributed by atoms with Crippen molar-refractivity contribution in [2.75, 3.05) is 13.2 Å². The Kier molecular flexibility index (Phi) is 7.51. The largest absolute Gasteiger partial charge is 0.507 e. The maximum Gasteiger partial charge on any atom is 0.196 e. The summed E-state index contributed by atoms with van der Waals surface area (Å²) < 4.78 is 16.2. The second-order valence-electron chi connectivity index (χ2n) is 7.60. The molecule has 1 aromatic heterocycles. The average molecular weight is 454 g/mol. The molecule has 1 fully saturated rings. The second-order valence-corrected chi connectivity index (χ2v) is 7.60. The molecule has 0 amide bonds. The summed E-state index contributed by atoms with van der Waals surface area (Å²) in [4.78, 5) is 12.2. The van der Waals surface area contributed by atoms with Crippen LogP contribution in [-0.2, 0) is 22.5 Å². The highest BCUT2D eigenvalue weighted by molar-refractivity contribution is 5.88. The molecule has 2 heterocycles. The smallest absolute Gasteiger partial charge is 0.196 e. The molecule has 2 aromatic rings. The van der Waals surface area contributed by atoms with Gasteiger partial charge in [0.15, 0.2) is 11.7 Å². The normalized spacial score (nSPS) is 26.6. The van der Waals surface area contributed by atoms with E-state index in [-0.39, 0.29) is 41.1 Å². The van der Waals surface area contributed by atoms with Crippen LogP contribution in [0.4, 0.5) is 0 Å². The Bertz CT molecular complexity index is 1040. The van der Waals surface area contributed by atoms with Crippen LogP contribution in [-0.4, -0.2) is 79.7 Å². The van der Waals surface area contributed by atoms with Gasteiger partial charge in [0.05, 0.1) is 13.2 Å². The lowest BCUT2D eigenvalue weighted by Crippen LogP contribution is -2.59. The minimum absolute atomic E-state index is 0.0274. The molecular formula is C21H26O11. The van der Waals surface area contributed by atoms with Gasteiger partial charge in [-0.15, -0.1) is 0 Å². The van der Waals surface area contributed by atoms with Gasteiger partial charge < -0.3 is 49.6 Å². The number of aliphatic hydroxyl groups excluding tert-OH is 5. The van der Waals surface area contributed by atoms with E-state index in [1.165, 1.54) is 0 Å². The highest BCUT2D eigenvalue weighted by Crippen LogP contribution is 2.34. The number of allylic oxidation sites excluding steroid dienone is 1. The van der Waals surface area contributed by atoms with Crippen LogP contribution in [0.15, 0.2) is 33.0 Å². The fraction of sp³-hybridized carbons (Fsp3) is 0.476. The molecule has 1 aliphatic rings. The molecule has 0 aliphatic carbocycles. The Balaban J connectivity index is 1.78. The summed E-state index contributed by atoms with van der Waals surface area (Å²) in [5.74, 6) is -0.793. The predicted molar refractivity (Wildman–Crippen MR) is 109 cm³/mol. The van der Waals surface area contributed by atoms with Crippen LogP contribution in [0.5, 0.6) is 11.5 Å². The summed E-state index contributed by atoms with van der Waals surface area (Å²) >= 11 is 0. The Morgan fingerprint density at radius 2 is 1.81 bits per heavy atom. The number of phenolic OH excluding ortho intramolecular Hbond substituents is 2. The van der Waals surface area contributed by atoms with Crippen LogP contribution in [0.2, 0.25) is 0 Å². The number of hydrogen-bond donors (Lipinski definition) is 7. The van der Waals surface area contributed by atoms with Gasteiger partial charge in [0.25, 0.3) is 0 Å². The number of ether oxygens (including phenoxy) is 2. The van der Waals surface area contributed by atoms with E-state index in [1.54, 1.807) is 13.0 Å². The third-order valence-electron chi connectivity index (χ3n) is 5.25. The van der Waals surface area contributed by atoms with Crippen molar-refractivity contribution in [2.24, 2.45) is 0 Å². The topological polar surface area (TPSA) is 190 Å². The summed E-state index contributed by atoms with van der Waals surface area (Å²) in [6.45, 7) is 0.501. The number of rotatable bonds is 7. The summed E-state index contributed by atoms with van der Waals surface area (Å²) in [5.41, 5.74) is 0.194. The molecule has 0 spiro atoms. The van der Waals surface area contributed by atoms with Crippen LogP contribution in [0.3, 0.4) is 0 Å². The standard InChI is InChI=1S/C21H26O11/c1-9(8-30-21-19(29)18(28)17(27)15(7-23)32-21)2-3-11-12(24)5-14(26)16-13(25)4-10(6-22)31-20(11)16/h2,4-5,15,17-19,21-24,26-29H,3,6-8H2,1H3. The van der Waals surface area contributed by atoms with Crippen LogP contribution < -0.4 is 5.43 Å². The van der Waals surface area contributed by atoms with Gasteiger partial charge in [-0.25, -0.2) is 0 Å². The van der Waals surface area contributed by atoms with Crippen molar-refractivity contribution in [1.82, 2.24) is 0 Å². The molecule has 1 saturated heterocycles. The van der Waals surface area contributed by atoms with Crippen LogP contribution in [0, 0.1) is 0 Å². The van der Waals surface area contributed by atoms with E-state index in [0.717, 1.165) is 12.1 Å². The summed E-state index contributed by atoms with van der Waals surface area (Å²) in [6.07, 6.45) is -5.24. The van der Waals surface area contributed by atoms with Crippen molar-refractivity contribution in [2.45, 2.75) is 50.7 Å². The van der Waals surface area contributed by atoms with Gasteiger partial charge >= 0.3 is 0 Å². The molecular weight excluding hydrogens is 428 g/mol. The van der Waals surface area contributed by atoms with Gasteiger partial charge in [0, 0.05) is 17.7 Å². The number of hydrogen-bond acceptors (Lipinski definition) is 11. The van der Waals surface area contributed by atoms with E-state index < -0.39 is 55.1 Å². The molecule has 5 unspecified atom stereocenters. The number of benzene rings is 1. The van der Waals surface area contributed by atoms with Crippen molar-refractivity contribution >= 4 is 11.0 Å². The zero-order valence-electron chi connectivity index (χ0n) is 17.2. The van der Waals surface area contributed by atoms with Crippen molar-refractivity contribution in [3.8, 4) is 11.5 Å². The first-order chi connectivity index (χ1) is 15.2. The predicted octanol–water partition coefficient (Wildman–Crippen LogP) is -0.998. The fourth-order valence-corrected chi connectivity index (χ4v) is 3.43. The van der Waals surface area contributed by atoms with E-state index in [1.807, 2.05) is 0 Å². The van der Waals surface area contributed by atoms with Crippen LogP contribution >= 0.6 is 0 Å². The highest BCUT2D eigenvalue weighted by atomic mass is 16.7.